The lowest BCUT2D eigenvalue weighted by atomic mass is 10.1. The second-order valence-electron chi connectivity index (χ2n) is 9.28. The Morgan fingerprint density at radius 3 is 2.15 bits per heavy atom. The van der Waals surface area contributed by atoms with E-state index in [9.17, 15) is 9.59 Å². The van der Waals surface area contributed by atoms with E-state index in [0.29, 0.717) is 36.8 Å². The SMILES string of the molecule is Cc1c(C(=O)N2CCN(C(=O)C3CCCC3)CC2)cc(-c2ccccc2)n1-c1ccccc1Cl. The van der Waals surface area contributed by atoms with Gasteiger partial charge in [0, 0.05) is 37.8 Å². The van der Waals surface area contributed by atoms with E-state index in [-0.39, 0.29) is 17.7 Å². The van der Waals surface area contributed by atoms with Gasteiger partial charge in [-0.1, -0.05) is 66.9 Å². The summed E-state index contributed by atoms with van der Waals surface area (Å²) in [6, 6.07) is 19.8. The van der Waals surface area contributed by atoms with Gasteiger partial charge in [0.25, 0.3) is 5.91 Å². The predicted octanol–water partition coefficient (Wildman–Crippen LogP) is 5.58. The zero-order valence-electron chi connectivity index (χ0n) is 19.5. The number of carbonyl (C=O) groups excluding carboxylic acids is 2. The summed E-state index contributed by atoms with van der Waals surface area (Å²) in [5, 5.41) is 0.636. The molecule has 2 amide bonds. The molecule has 0 unspecified atom stereocenters. The Balaban J connectivity index is 1.42. The molecule has 1 aromatic heterocycles. The predicted molar refractivity (Wildman–Crippen MR) is 135 cm³/mol. The maximum atomic E-state index is 13.6. The van der Waals surface area contributed by atoms with E-state index in [1.54, 1.807) is 0 Å². The molecule has 0 radical (unpaired) electrons. The van der Waals surface area contributed by atoms with Gasteiger partial charge in [-0.3, -0.25) is 9.59 Å². The fourth-order valence-electron chi connectivity index (χ4n) is 5.32. The Bertz CT molecular complexity index is 1190. The van der Waals surface area contributed by atoms with Gasteiger partial charge < -0.3 is 14.4 Å². The number of nitrogens with zero attached hydrogens (tertiary/aromatic N) is 3. The summed E-state index contributed by atoms with van der Waals surface area (Å²) in [6.07, 6.45) is 4.32. The number of amides is 2. The van der Waals surface area contributed by atoms with Crippen LogP contribution < -0.4 is 0 Å². The summed E-state index contributed by atoms with van der Waals surface area (Å²) < 4.78 is 2.07. The van der Waals surface area contributed by atoms with Crippen molar-refractivity contribution in [2.45, 2.75) is 32.6 Å². The Morgan fingerprint density at radius 1 is 0.853 bits per heavy atom. The van der Waals surface area contributed by atoms with Gasteiger partial charge in [-0.2, -0.15) is 0 Å². The quantitative estimate of drug-likeness (QED) is 0.494. The zero-order chi connectivity index (χ0) is 23.7. The van der Waals surface area contributed by atoms with Crippen molar-refractivity contribution in [2.75, 3.05) is 26.2 Å². The van der Waals surface area contributed by atoms with Crippen molar-refractivity contribution in [1.82, 2.24) is 14.4 Å². The molecular weight excluding hydrogens is 446 g/mol. The highest BCUT2D eigenvalue weighted by Crippen LogP contribution is 2.33. The molecule has 5 nitrogen and oxygen atoms in total. The minimum atomic E-state index is 0.00782. The first-order valence-electron chi connectivity index (χ1n) is 12.2. The van der Waals surface area contributed by atoms with Crippen LogP contribution in [0.25, 0.3) is 16.9 Å². The molecule has 2 heterocycles. The Labute approximate surface area is 205 Å². The standard InChI is InChI=1S/C28H30ClN3O2/c1-20-23(28(34)31-17-15-30(16-18-31)27(33)22-11-5-6-12-22)19-26(21-9-3-2-4-10-21)32(20)25-14-8-7-13-24(25)29/h2-4,7-10,13-14,19,22H,5-6,11-12,15-18H2,1H3. The molecule has 1 aliphatic heterocycles. The zero-order valence-corrected chi connectivity index (χ0v) is 20.3. The Morgan fingerprint density at radius 2 is 1.47 bits per heavy atom. The van der Waals surface area contributed by atoms with Crippen molar-refractivity contribution in [3.05, 3.63) is 76.9 Å². The third-order valence-electron chi connectivity index (χ3n) is 7.22. The minimum Gasteiger partial charge on any atom is -0.339 e. The van der Waals surface area contributed by atoms with E-state index >= 15 is 0 Å². The van der Waals surface area contributed by atoms with Crippen molar-refractivity contribution in [3.63, 3.8) is 0 Å². The molecule has 34 heavy (non-hydrogen) atoms. The highest BCUT2D eigenvalue weighted by Gasteiger charge is 2.32. The molecule has 3 aromatic rings. The van der Waals surface area contributed by atoms with Crippen LogP contribution in [0.3, 0.4) is 0 Å². The summed E-state index contributed by atoms with van der Waals surface area (Å²) in [7, 11) is 0. The van der Waals surface area contributed by atoms with Gasteiger partial charge >= 0.3 is 0 Å². The maximum absolute atomic E-state index is 13.6. The number of rotatable bonds is 4. The summed E-state index contributed by atoms with van der Waals surface area (Å²) in [6.45, 7) is 4.32. The molecule has 2 fully saturated rings. The summed E-state index contributed by atoms with van der Waals surface area (Å²) in [5.74, 6) is 0.466. The largest absolute Gasteiger partial charge is 0.339 e. The van der Waals surface area contributed by atoms with Gasteiger partial charge in [0.05, 0.1) is 22.0 Å². The van der Waals surface area contributed by atoms with Gasteiger partial charge in [0.1, 0.15) is 0 Å². The molecule has 1 aliphatic carbocycles. The molecule has 0 atom stereocenters. The van der Waals surface area contributed by atoms with E-state index < -0.39 is 0 Å². The summed E-state index contributed by atoms with van der Waals surface area (Å²) in [5.41, 5.74) is 4.35. The van der Waals surface area contributed by atoms with Crippen LogP contribution in [-0.4, -0.2) is 52.4 Å². The molecule has 6 heteroatoms. The number of aromatic nitrogens is 1. The number of piperazine rings is 1. The van der Waals surface area contributed by atoms with Crippen molar-refractivity contribution in [3.8, 4) is 16.9 Å². The van der Waals surface area contributed by atoms with E-state index in [2.05, 4.69) is 4.57 Å². The molecule has 2 aromatic carbocycles. The molecule has 1 saturated carbocycles. The van der Waals surface area contributed by atoms with Crippen LogP contribution in [0.15, 0.2) is 60.7 Å². The molecule has 5 rings (SSSR count). The lowest BCUT2D eigenvalue weighted by molar-refractivity contribution is -0.136. The van der Waals surface area contributed by atoms with Gasteiger partial charge in [-0.05, 0) is 43.5 Å². The van der Waals surface area contributed by atoms with Crippen molar-refractivity contribution >= 4 is 23.4 Å². The third-order valence-corrected chi connectivity index (χ3v) is 7.54. The highest BCUT2D eigenvalue weighted by atomic mass is 35.5. The average molecular weight is 476 g/mol. The minimum absolute atomic E-state index is 0.00782. The third kappa shape index (κ3) is 4.25. The fraction of sp³-hybridized carbons (Fsp3) is 0.357. The molecular formula is C28H30ClN3O2. The van der Waals surface area contributed by atoms with Crippen molar-refractivity contribution in [1.29, 1.82) is 0 Å². The van der Waals surface area contributed by atoms with Gasteiger partial charge in [-0.25, -0.2) is 0 Å². The van der Waals surface area contributed by atoms with Gasteiger partial charge in [0.2, 0.25) is 5.91 Å². The first kappa shape index (κ1) is 22.7. The lowest BCUT2D eigenvalue weighted by Crippen LogP contribution is -2.51. The topological polar surface area (TPSA) is 45.6 Å². The van der Waals surface area contributed by atoms with Crippen LogP contribution in [0.2, 0.25) is 5.02 Å². The summed E-state index contributed by atoms with van der Waals surface area (Å²) >= 11 is 6.57. The number of benzene rings is 2. The smallest absolute Gasteiger partial charge is 0.255 e. The average Bonchev–Trinajstić information content (AvgIpc) is 3.53. The van der Waals surface area contributed by atoms with E-state index in [1.807, 2.05) is 77.4 Å². The monoisotopic (exact) mass is 475 g/mol. The number of carbonyl (C=O) groups is 2. The molecule has 176 valence electrons. The molecule has 0 N–H and O–H groups in total. The number of hydrogen-bond donors (Lipinski definition) is 0. The van der Waals surface area contributed by atoms with Crippen molar-refractivity contribution in [2.24, 2.45) is 5.92 Å². The van der Waals surface area contributed by atoms with Crippen LogP contribution >= 0.6 is 11.6 Å². The van der Waals surface area contributed by atoms with Crippen LogP contribution in [0.4, 0.5) is 0 Å². The normalized spacial score (nSPS) is 16.8. The van der Waals surface area contributed by atoms with E-state index in [1.165, 1.54) is 0 Å². The van der Waals surface area contributed by atoms with E-state index in [0.717, 1.165) is 48.3 Å². The Hall–Kier alpha value is -3.05. The fourth-order valence-corrected chi connectivity index (χ4v) is 5.54. The van der Waals surface area contributed by atoms with Crippen LogP contribution in [0.5, 0.6) is 0 Å². The van der Waals surface area contributed by atoms with Crippen LogP contribution in [0, 0.1) is 12.8 Å². The van der Waals surface area contributed by atoms with Crippen LogP contribution in [-0.2, 0) is 4.79 Å². The van der Waals surface area contributed by atoms with Crippen LogP contribution in [0.1, 0.15) is 41.7 Å². The first-order chi connectivity index (χ1) is 16.5. The molecule has 2 aliphatic rings. The Kier molecular flexibility index (Phi) is 6.46. The second kappa shape index (κ2) is 9.67. The number of hydrogen-bond acceptors (Lipinski definition) is 2. The lowest BCUT2D eigenvalue weighted by Gasteiger charge is -2.36. The molecule has 1 saturated heterocycles. The molecule has 0 spiro atoms. The molecule has 0 bridgehead atoms. The second-order valence-corrected chi connectivity index (χ2v) is 9.69. The maximum Gasteiger partial charge on any atom is 0.255 e. The highest BCUT2D eigenvalue weighted by molar-refractivity contribution is 6.32. The number of halogens is 1. The van der Waals surface area contributed by atoms with Gasteiger partial charge in [0.15, 0.2) is 0 Å². The van der Waals surface area contributed by atoms with Gasteiger partial charge in [-0.15, -0.1) is 0 Å². The van der Waals surface area contributed by atoms with Crippen molar-refractivity contribution < 1.29 is 9.59 Å². The van der Waals surface area contributed by atoms with E-state index in [4.69, 9.17) is 11.6 Å². The first-order valence-corrected chi connectivity index (χ1v) is 12.5. The summed E-state index contributed by atoms with van der Waals surface area (Å²) in [4.78, 5) is 30.3. The number of para-hydroxylation sites is 1.